The van der Waals surface area contributed by atoms with Crippen molar-refractivity contribution in [3.8, 4) is 5.75 Å². The number of aromatic nitrogens is 2. The first kappa shape index (κ1) is 22.9. The van der Waals surface area contributed by atoms with Crippen LogP contribution in [0.1, 0.15) is 44.1 Å². The Morgan fingerprint density at radius 1 is 1.09 bits per heavy atom. The highest BCUT2D eigenvalue weighted by atomic mass is 32.1. The molecular weight excluding hydrogens is 438 g/mol. The van der Waals surface area contributed by atoms with Crippen LogP contribution in [0.2, 0.25) is 0 Å². The van der Waals surface area contributed by atoms with Crippen molar-refractivity contribution in [3.05, 3.63) is 69.8 Å². The van der Waals surface area contributed by atoms with E-state index in [1.165, 1.54) is 22.8 Å². The number of likely N-dealkylation sites (tertiary alicyclic amines) is 1. The van der Waals surface area contributed by atoms with E-state index in [0.717, 1.165) is 32.5 Å². The standard InChI is InChI=1S/C24H27N5O3S/c1-16-9-14-33-20(16)15-29-12-7-18(8-13-29)27-24(31)21-22(26-11-10-25-21)28-23(30)17-3-5-19(32-2)6-4-17/h3-6,9-11,14,18H,7-8,12-13,15H2,1-2H3,(H,27,31)(H,26,28,30). The van der Waals surface area contributed by atoms with E-state index in [4.69, 9.17) is 4.74 Å². The number of hydrogen-bond donors (Lipinski definition) is 2. The number of anilines is 1. The smallest absolute Gasteiger partial charge is 0.273 e. The van der Waals surface area contributed by atoms with E-state index in [1.54, 1.807) is 42.7 Å². The third kappa shape index (κ3) is 5.74. The quantitative estimate of drug-likeness (QED) is 0.554. The van der Waals surface area contributed by atoms with Crippen molar-refractivity contribution in [1.29, 1.82) is 0 Å². The summed E-state index contributed by atoms with van der Waals surface area (Å²) in [4.78, 5) is 37.7. The molecule has 0 saturated carbocycles. The summed E-state index contributed by atoms with van der Waals surface area (Å²) in [7, 11) is 1.56. The number of nitrogens with one attached hydrogen (secondary N) is 2. The lowest BCUT2D eigenvalue weighted by molar-refractivity contribution is 0.0905. The van der Waals surface area contributed by atoms with Gasteiger partial charge >= 0.3 is 0 Å². The topological polar surface area (TPSA) is 96.5 Å². The zero-order valence-corrected chi connectivity index (χ0v) is 19.5. The zero-order valence-electron chi connectivity index (χ0n) is 18.7. The average molecular weight is 466 g/mol. The van der Waals surface area contributed by atoms with Crippen molar-refractivity contribution in [2.75, 3.05) is 25.5 Å². The molecule has 4 rings (SSSR count). The lowest BCUT2D eigenvalue weighted by atomic mass is 10.0. The fourth-order valence-corrected chi connectivity index (χ4v) is 4.72. The number of amides is 2. The van der Waals surface area contributed by atoms with Crippen LogP contribution < -0.4 is 15.4 Å². The number of rotatable bonds is 7. The van der Waals surface area contributed by atoms with Crippen LogP contribution in [0.15, 0.2) is 48.1 Å². The number of ether oxygens (including phenoxy) is 1. The van der Waals surface area contributed by atoms with Crippen LogP contribution in [0.4, 0.5) is 5.82 Å². The fourth-order valence-electron chi connectivity index (χ4n) is 3.78. The molecule has 1 aliphatic heterocycles. The molecule has 0 unspecified atom stereocenters. The zero-order chi connectivity index (χ0) is 23.2. The molecule has 0 spiro atoms. The Bertz CT molecular complexity index is 1110. The van der Waals surface area contributed by atoms with Crippen LogP contribution in [0.3, 0.4) is 0 Å². The van der Waals surface area contributed by atoms with Crippen molar-refractivity contribution in [2.24, 2.45) is 0 Å². The third-order valence-corrected chi connectivity index (χ3v) is 6.76. The molecule has 1 saturated heterocycles. The Morgan fingerprint density at radius 3 is 2.48 bits per heavy atom. The monoisotopic (exact) mass is 465 g/mol. The van der Waals surface area contributed by atoms with Gasteiger partial charge in [-0.05, 0) is 61.0 Å². The largest absolute Gasteiger partial charge is 0.497 e. The highest BCUT2D eigenvalue weighted by Gasteiger charge is 2.24. The third-order valence-electron chi connectivity index (χ3n) is 5.76. The molecule has 3 aromatic rings. The number of nitrogens with zero attached hydrogens (tertiary/aromatic N) is 3. The van der Waals surface area contributed by atoms with Gasteiger partial charge in [0, 0.05) is 48.5 Å². The summed E-state index contributed by atoms with van der Waals surface area (Å²) in [6, 6.07) is 8.91. The number of methoxy groups -OCH3 is 1. The lowest BCUT2D eigenvalue weighted by Crippen LogP contribution is -2.44. The highest BCUT2D eigenvalue weighted by molar-refractivity contribution is 7.10. The first-order valence-electron chi connectivity index (χ1n) is 10.9. The Morgan fingerprint density at radius 2 is 1.82 bits per heavy atom. The first-order valence-corrected chi connectivity index (χ1v) is 11.7. The summed E-state index contributed by atoms with van der Waals surface area (Å²) in [5.41, 5.74) is 1.87. The number of aryl methyl sites for hydroxylation is 1. The summed E-state index contributed by atoms with van der Waals surface area (Å²) in [5.74, 6) is 0.0918. The Balaban J connectivity index is 1.34. The van der Waals surface area contributed by atoms with Crippen LogP contribution in [-0.4, -0.2) is 52.9 Å². The van der Waals surface area contributed by atoms with E-state index in [0.29, 0.717) is 11.3 Å². The van der Waals surface area contributed by atoms with Crippen LogP contribution in [0.5, 0.6) is 5.75 Å². The predicted octanol–water partition coefficient (Wildman–Crippen LogP) is 3.50. The molecule has 0 atom stereocenters. The molecule has 3 heterocycles. The second-order valence-corrected chi connectivity index (χ2v) is 8.99. The van der Waals surface area contributed by atoms with Gasteiger partial charge in [-0.15, -0.1) is 11.3 Å². The molecule has 1 fully saturated rings. The Kier molecular flexibility index (Phi) is 7.31. The van der Waals surface area contributed by atoms with E-state index < -0.39 is 0 Å². The van der Waals surface area contributed by atoms with Gasteiger partial charge in [-0.1, -0.05) is 0 Å². The number of piperidine rings is 1. The minimum absolute atomic E-state index is 0.0605. The van der Waals surface area contributed by atoms with Crippen molar-refractivity contribution < 1.29 is 14.3 Å². The Hall–Kier alpha value is -3.30. The average Bonchev–Trinajstić information content (AvgIpc) is 3.24. The van der Waals surface area contributed by atoms with Crippen molar-refractivity contribution >= 4 is 29.0 Å². The molecule has 172 valence electrons. The molecule has 0 radical (unpaired) electrons. The summed E-state index contributed by atoms with van der Waals surface area (Å²) < 4.78 is 5.12. The number of carbonyl (C=O) groups excluding carboxylic acids is 2. The van der Waals surface area contributed by atoms with Crippen LogP contribution in [0, 0.1) is 6.92 Å². The van der Waals surface area contributed by atoms with Crippen LogP contribution in [0.25, 0.3) is 0 Å². The van der Waals surface area contributed by atoms with Crippen molar-refractivity contribution in [1.82, 2.24) is 20.2 Å². The number of benzene rings is 1. The molecule has 0 bridgehead atoms. The van der Waals surface area contributed by atoms with Crippen molar-refractivity contribution in [3.63, 3.8) is 0 Å². The molecule has 2 amide bonds. The minimum atomic E-state index is -0.371. The maximum atomic E-state index is 12.9. The summed E-state index contributed by atoms with van der Waals surface area (Å²) >= 11 is 1.79. The number of hydrogen-bond acceptors (Lipinski definition) is 7. The van der Waals surface area contributed by atoms with E-state index in [1.807, 2.05) is 0 Å². The van der Waals surface area contributed by atoms with E-state index in [-0.39, 0.29) is 29.4 Å². The van der Waals surface area contributed by atoms with E-state index in [2.05, 4.69) is 43.9 Å². The molecular formula is C24H27N5O3S. The van der Waals surface area contributed by atoms with Gasteiger partial charge in [0.25, 0.3) is 11.8 Å². The molecule has 1 aliphatic rings. The Labute approximate surface area is 197 Å². The van der Waals surface area contributed by atoms with Gasteiger partial charge in [-0.25, -0.2) is 9.97 Å². The number of thiophene rings is 1. The van der Waals surface area contributed by atoms with Gasteiger partial charge in [0.05, 0.1) is 7.11 Å². The normalized spacial score (nSPS) is 14.6. The number of carbonyl (C=O) groups is 2. The van der Waals surface area contributed by atoms with Crippen LogP contribution in [-0.2, 0) is 6.54 Å². The van der Waals surface area contributed by atoms with Gasteiger partial charge in [0.15, 0.2) is 11.5 Å². The second kappa shape index (κ2) is 10.5. The summed E-state index contributed by atoms with van der Waals surface area (Å²) in [5, 5.41) is 7.89. The van der Waals surface area contributed by atoms with Crippen molar-refractivity contribution in [2.45, 2.75) is 32.4 Å². The molecule has 9 heteroatoms. The maximum absolute atomic E-state index is 12.9. The molecule has 0 aliphatic carbocycles. The second-order valence-electron chi connectivity index (χ2n) is 7.99. The van der Waals surface area contributed by atoms with Gasteiger partial charge < -0.3 is 15.4 Å². The van der Waals surface area contributed by atoms with Gasteiger partial charge in [-0.2, -0.15) is 0 Å². The molecule has 33 heavy (non-hydrogen) atoms. The summed E-state index contributed by atoms with van der Waals surface area (Å²) in [6.45, 7) is 4.94. The fraction of sp³-hybridized carbons (Fsp3) is 0.333. The minimum Gasteiger partial charge on any atom is -0.497 e. The molecule has 2 aromatic heterocycles. The highest BCUT2D eigenvalue weighted by Crippen LogP contribution is 2.21. The predicted molar refractivity (Wildman–Crippen MR) is 128 cm³/mol. The van der Waals surface area contributed by atoms with Gasteiger partial charge in [0.2, 0.25) is 0 Å². The summed E-state index contributed by atoms with van der Waals surface area (Å²) in [6.07, 6.45) is 4.63. The molecule has 2 N–H and O–H groups in total. The van der Waals surface area contributed by atoms with Crippen LogP contribution >= 0.6 is 11.3 Å². The van der Waals surface area contributed by atoms with Gasteiger partial charge in [-0.3, -0.25) is 14.5 Å². The SMILES string of the molecule is COc1ccc(C(=O)Nc2nccnc2C(=O)NC2CCN(Cc3sccc3C)CC2)cc1. The molecule has 1 aromatic carbocycles. The van der Waals surface area contributed by atoms with E-state index in [9.17, 15) is 9.59 Å². The first-order chi connectivity index (χ1) is 16.0. The van der Waals surface area contributed by atoms with E-state index >= 15 is 0 Å². The molecule has 8 nitrogen and oxygen atoms in total. The van der Waals surface area contributed by atoms with Gasteiger partial charge in [0.1, 0.15) is 5.75 Å². The lowest BCUT2D eigenvalue weighted by Gasteiger charge is -2.32. The maximum Gasteiger partial charge on any atom is 0.273 e.